The van der Waals surface area contributed by atoms with Crippen molar-refractivity contribution >= 4 is 35.7 Å². The predicted molar refractivity (Wildman–Crippen MR) is 105 cm³/mol. The standard InChI is InChI=1S/C19H20N2O3S.ClH/c22-19(6-4-16-2-1-11-25-16)21-9-7-20(8-10-21)13-15-3-5-17-18(12-15)24-14-23-17;/h1-6,11-12H,7-10,13-14H2;1H. The summed E-state index contributed by atoms with van der Waals surface area (Å²) in [5.74, 6) is 1.73. The van der Waals surface area contributed by atoms with Gasteiger partial charge in [0.2, 0.25) is 12.7 Å². The van der Waals surface area contributed by atoms with Crippen LogP contribution in [0.2, 0.25) is 0 Å². The van der Waals surface area contributed by atoms with E-state index in [1.165, 1.54) is 5.56 Å². The molecule has 4 rings (SSSR count). The van der Waals surface area contributed by atoms with Gasteiger partial charge in [0.05, 0.1) is 0 Å². The number of benzene rings is 1. The SMILES string of the molecule is Cl.O=C(C=Cc1cccs1)N1CCN(Cc2ccc3c(c2)OCO3)CC1. The third-order valence-electron chi connectivity index (χ3n) is 4.46. The van der Waals surface area contributed by atoms with Crippen molar-refractivity contribution in [3.05, 3.63) is 52.2 Å². The average Bonchev–Trinajstić information content (AvgIpc) is 3.31. The number of nitrogens with zero attached hydrogens (tertiary/aromatic N) is 2. The Kier molecular flexibility index (Phi) is 6.19. The van der Waals surface area contributed by atoms with Gasteiger partial charge in [0, 0.05) is 43.7 Å². The van der Waals surface area contributed by atoms with Gasteiger partial charge in [0.25, 0.3) is 0 Å². The smallest absolute Gasteiger partial charge is 0.246 e. The molecule has 1 saturated heterocycles. The number of rotatable bonds is 4. The van der Waals surface area contributed by atoms with E-state index >= 15 is 0 Å². The van der Waals surface area contributed by atoms with Crippen LogP contribution in [0.4, 0.5) is 0 Å². The van der Waals surface area contributed by atoms with Gasteiger partial charge in [-0.3, -0.25) is 9.69 Å². The van der Waals surface area contributed by atoms with E-state index in [1.54, 1.807) is 17.4 Å². The molecule has 0 aliphatic carbocycles. The minimum absolute atomic E-state index is 0. The molecule has 0 saturated carbocycles. The highest BCUT2D eigenvalue weighted by Gasteiger charge is 2.20. The van der Waals surface area contributed by atoms with Crippen LogP contribution in [0, 0.1) is 0 Å². The third-order valence-corrected chi connectivity index (χ3v) is 5.30. The number of ether oxygens (including phenoxy) is 2. The summed E-state index contributed by atoms with van der Waals surface area (Å²) in [5.41, 5.74) is 1.21. The summed E-state index contributed by atoms with van der Waals surface area (Å²) >= 11 is 1.64. The first kappa shape index (κ1) is 18.8. The van der Waals surface area contributed by atoms with Gasteiger partial charge in [-0.2, -0.15) is 0 Å². The van der Waals surface area contributed by atoms with Gasteiger partial charge in [-0.15, -0.1) is 23.7 Å². The maximum atomic E-state index is 12.3. The van der Waals surface area contributed by atoms with E-state index < -0.39 is 0 Å². The van der Waals surface area contributed by atoms with Gasteiger partial charge in [-0.1, -0.05) is 12.1 Å². The van der Waals surface area contributed by atoms with Crippen molar-refractivity contribution in [1.82, 2.24) is 9.80 Å². The topological polar surface area (TPSA) is 42.0 Å². The van der Waals surface area contributed by atoms with Crippen LogP contribution in [0.3, 0.4) is 0 Å². The van der Waals surface area contributed by atoms with E-state index in [0.29, 0.717) is 6.79 Å². The maximum absolute atomic E-state index is 12.3. The second-order valence-electron chi connectivity index (χ2n) is 6.14. The summed E-state index contributed by atoms with van der Waals surface area (Å²) < 4.78 is 10.8. The lowest BCUT2D eigenvalue weighted by Crippen LogP contribution is -2.47. The molecule has 0 N–H and O–H groups in total. The largest absolute Gasteiger partial charge is 0.454 e. The highest BCUT2D eigenvalue weighted by atomic mass is 35.5. The molecule has 0 atom stereocenters. The molecule has 2 aromatic rings. The molecule has 1 aromatic heterocycles. The monoisotopic (exact) mass is 392 g/mol. The Morgan fingerprint density at radius 3 is 2.69 bits per heavy atom. The molecule has 26 heavy (non-hydrogen) atoms. The molecule has 2 aliphatic heterocycles. The van der Waals surface area contributed by atoms with Crippen LogP contribution in [0.5, 0.6) is 11.5 Å². The number of amides is 1. The third kappa shape index (κ3) is 4.38. The lowest BCUT2D eigenvalue weighted by Gasteiger charge is -2.34. The van der Waals surface area contributed by atoms with Crippen LogP contribution in [0.1, 0.15) is 10.4 Å². The number of piperazine rings is 1. The maximum Gasteiger partial charge on any atom is 0.246 e. The van der Waals surface area contributed by atoms with Gasteiger partial charge in [0.15, 0.2) is 11.5 Å². The fraction of sp³-hybridized carbons (Fsp3) is 0.316. The number of thiophene rings is 1. The molecule has 2 aliphatic rings. The highest BCUT2D eigenvalue weighted by molar-refractivity contribution is 7.10. The van der Waals surface area contributed by atoms with E-state index in [4.69, 9.17) is 9.47 Å². The van der Waals surface area contributed by atoms with Crippen LogP contribution in [0.25, 0.3) is 6.08 Å². The quantitative estimate of drug-likeness (QED) is 0.749. The minimum atomic E-state index is 0. The van der Waals surface area contributed by atoms with Crippen LogP contribution in [-0.4, -0.2) is 48.7 Å². The van der Waals surface area contributed by atoms with Crippen molar-refractivity contribution in [2.45, 2.75) is 6.54 Å². The number of fused-ring (bicyclic) bond motifs is 1. The van der Waals surface area contributed by atoms with Crippen molar-refractivity contribution < 1.29 is 14.3 Å². The van der Waals surface area contributed by atoms with Crippen LogP contribution in [-0.2, 0) is 11.3 Å². The molecule has 1 fully saturated rings. The van der Waals surface area contributed by atoms with E-state index in [1.807, 2.05) is 40.6 Å². The first-order valence-corrected chi connectivity index (χ1v) is 9.27. The molecule has 0 spiro atoms. The Morgan fingerprint density at radius 2 is 1.92 bits per heavy atom. The van der Waals surface area contributed by atoms with E-state index in [9.17, 15) is 4.79 Å². The zero-order valence-electron chi connectivity index (χ0n) is 14.3. The lowest BCUT2D eigenvalue weighted by molar-refractivity contribution is -0.127. The minimum Gasteiger partial charge on any atom is -0.454 e. The van der Waals surface area contributed by atoms with Crippen molar-refractivity contribution in [3.8, 4) is 11.5 Å². The molecule has 1 amide bonds. The zero-order chi connectivity index (χ0) is 17.1. The first-order valence-electron chi connectivity index (χ1n) is 8.39. The second-order valence-corrected chi connectivity index (χ2v) is 7.12. The van der Waals surface area contributed by atoms with Crippen LogP contribution >= 0.6 is 23.7 Å². The van der Waals surface area contributed by atoms with Crippen LogP contribution < -0.4 is 9.47 Å². The summed E-state index contributed by atoms with van der Waals surface area (Å²) in [6, 6.07) is 10.1. The van der Waals surface area contributed by atoms with Gasteiger partial charge >= 0.3 is 0 Å². The number of halogens is 1. The van der Waals surface area contributed by atoms with Crippen molar-refractivity contribution in [1.29, 1.82) is 0 Å². The fourth-order valence-electron chi connectivity index (χ4n) is 3.07. The van der Waals surface area contributed by atoms with Crippen molar-refractivity contribution in [3.63, 3.8) is 0 Å². The molecule has 138 valence electrons. The number of hydrogen-bond donors (Lipinski definition) is 0. The Bertz CT molecular complexity index is 771. The number of hydrogen-bond acceptors (Lipinski definition) is 5. The Balaban J connectivity index is 0.00000196. The van der Waals surface area contributed by atoms with Gasteiger partial charge in [0.1, 0.15) is 0 Å². The van der Waals surface area contributed by atoms with Crippen molar-refractivity contribution in [2.24, 2.45) is 0 Å². The lowest BCUT2D eigenvalue weighted by atomic mass is 10.1. The van der Waals surface area contributed by atoms with Crippen LogP contribution in [0.15, 0.2) is 41.8 Å². The first-order chi connectivity index (χ1) is 12.3. The molecule has 0 bridgehead atoms. The van der Waals surface area contributed by atoms with Gasteiger partial charge in [-0.05, 0) is 35.2 Å². The molecule has 0 unspecified atom stereocenters. The average molecular weight is 393 g/mol. The summed E-state index contributed by atoms with van der Waals surface area (Å²) in [6.45, 7) is 4.46. The summed E-state index contributed by atoms with van der Waals surface area (Å²) in [5, 5.41) is 2.01. The molecule has 0 radical (unpaired) electrons. The van der Waals surface area contributed by atoms with E-state index in [2.05, 4.69) is 11.0 Å². The fourth-order valence-corrected chi connectivity index (χ4v) is 3.69. The molecular weight excluding hydrogens is 372 g/mol. The number of carbonyl (C=O) groups is 1. The molecule has 3 heterocycles. The Labute approximate surface area is 163 Å². The Hall–Kier alpha value is -2.02. The normalized spacial score (nSPS) is 16.7. The molecule has 7 heteroatoms. The van der Waals surface area contributed by atoms with Gasteiger partial charge < -0.3 is 14.4 Å². The molecular formula is C19H21ClN2O3S. The van der Waals surface area contributed by atoms with Crippen molar-refractivity contribution in [2.75, 3.05) is 33.0 Å². The summed E-state index contributed by atoms with van der Waals surface area (Å²) in [7, 11) is 0. The molecule has 5 nitrogen and oxygen atoms in total. The number of carbonyl (C=O) groups excluding carboxylic acids is 1. The van der Waals surface area contributed by atoms with E-state index in [-0.39, 0.29) is 18.3 Å². The second kappa shape index (κ2) is 8.58. The van der Waals surface area contributed by atoms with E-state index in [0.717, 1.165) is 49.1 Å². The highest BCUT2D eigenvalue weighted by Crippen LogP contribution is 2.32. The summed E-state index contributed by atoms with van der Waals surface area (Å²) in [4.78, 5) is 17.7. The predicted octanol–water partition coefficient (Wildman–Crippen LogP) is 3.26. The zero-order valence-corrected chi connectivity index (χ0v) is 15.9. The Morgan fingerprint density at radius 1 is 1.12 bits per heavy atom. The molecule has 1 aromatic carbocycles. The summed E-state index contributed by atoms with van der Waals surface area (Å²) in [6.07, 6.45) is 3.57. The van der Waals surface area contributed by atoms with Gasteiger partial charge in [-0.25, -0.2) is 0 Å².